The number of hydrogen-bond acceptors (Lipinski definition) is 4. The third-order valence-corrected chi connectivity index (χ3v) is 6.24. The first-order valence-electron chi connectivity index (χ1n) is 7.83. The van der Waals surface area contributed by atoms with E-state index in [9.17, 15) is 0 Å². The Kier molecular flexibility index (Phi) is 2.94. The molecule has 2 heterocycles. The Morgan fingerprint density at radius 3 is 2.63 bits per heavy atom. The first-order valence-corrected chi connectivity index (χ1v) is 8.60. The van der Waals surface area contributed by atoms with Crippen molar-refractivity contribution in [3.63, 3.8) is 0 Å². The molecule has 1 aromatic rings. The largest absolute Gasteiger partial charge is 0.383 e. The lowest BCUT2D eigenvalue weighted by molar-refractivity contribution is 0.203. The Labute approximate surface area is 119 Å². The van der Waals surface area contributed by atoms with Crippen LogP contribution >= 0.6 is 11.5 Å². The van der Waals surface area contributed by atoms with E-state index in [1.807, 2.05) is 0 Å². The van der Waals surface area contributed by atoms with Gasteiger partial charge in [-0.15, -0.1) is 0 Å². The van der Waals surface area contributed by atoms with Gasteiger partial charge in [-0.25, -0.2) is 0 Å². The lowest BCUT2D eigenvalue weighted by atomic mass is 9.75. The van der Waals surface area contributed by atoms with Crippen molar-refractivity contribution in [3.8, 4) is 0 Å². The number of rotatable bonds is 2. The van der Waals surface area contributed by atoms with E-state index >= 15 is 0 Å². The number of hydrogen-bond donors (Lipinski definition) is 1. The monoisotopic (exact) mass is 277 g/mol. The van der Waals surface area contributed by atoms with Gasteiger partial charge >= 0.3 is 0 Å². The number of aromatic nitrogens is 1. The second-order valence-electron chi connectivity index (χ2n) is 6.60. The molecule has 2 atom stereocenters. The van der Waals surface area contributed by atoms with Crippen LogP contribution in [-0.2, 0) is 0 Å². The van der Waals surface area contributed by atoms with Gasteiger partial charge in [-0.3, -0.25) is 0 Å². The second-order valence-corrected chi connectivity index (χ2v) is 7.35. The number of fused-ring (bicyclic) bond motifs is 1. The highest BCUT2D eigenvalue weighted by Crippen LogP contribution is 2.50. The summed E-state index contributed by atoms with van der Waals surface area (Å²) in [5.74, 6) is 3.46. The molecular formula is C15H23N3S. The summed E-state index contributed by atoms with van der Waals surface area (Å²) in [5.41, 5.74) is 7.48. The van der Waals surface area contributed by atoms with Crippen LogP contribution in [-0.4, -0.2) is 17.5 Å². The summed E-state index contributed by atoms with van der Waals surface area (Å²) in [6, 6.07) is 0. The average Bonchev–Trinajstić information content (AvgIpc) is 3.21. The molecule has 2 saturated carbocycles. The molecule has 1 saturated heterocycles. The molecule has 0 bridgehead atoms. The van der Waals surface area contributed by atoms with Gasteiger partial charge in [0.1, 0.15) is 10.8 Å². The van der Waals surface area contributed by atoms with E-state index in [0.717, 1.165) is 23.6 Å². The number of nitrogens with zero attached hydrogens (tertiary/aromatic N) is 2. The molecule has 3 aliphatic rings. The molecule has 2 aliphatic carbocycles. The summed E-state index contributed by atoms with van der Waals surface area (Å²) in [5, 5.41) is 1.41. The molecule has 4 rings (SSSR count). The van der Waals surface area contributed by atoms with Crippen molar-refractivity contribution in [3.05, 3.63) is 5.56 Å². The summed E-state index contributed by atoms with van der Waals surface area (Å²) in [4.78, 5) is 2.61. The van der Waals surface area contributed by atoms with Gasteiger partial charge in [-0.2, -0.15) is 4.37 Å². The molecule has 4 heteroatoms. The number of anilines is 2. The fourth-order valence-corrected chi connectivity index (χ4v) is 5.00. The van der Waals surface area contributed by atoms with Gasteiger partial charge in [0.05, 0.1) is 0 Å². The van der Waals surface area contributed by atoms with Gasteiger partial charge in [0.15, 0.2) is 0 Å². The van der Waals surface area contributed by atoms with Crippen molar-refractivity contribution in [2.75, 3.05) is 23.7 Å². The van der Waals surface area contributed by atoms with Gasteiger partial charge in [0.2, 0.25) is 0 Å². The molecule has 104 valence electrons. The maximum atomic E-state index is 6.09. The minimum Gasteiger partial charge on any atom is -0.383 e. The molecule has 0 amide bonds. The van der Waals surface area contributed by atoms with E-state index in [0.29, 0.717) is 0 Å². The summed E-state index contributed by atoms with van der Waals surface area (Å²) in [6.07, 6.45) is 9.82. The molecule has 2 unspecified atom stereocenters. The van der Waals surface area contributed by atoms with Crippen LogP contribution in [0.3, 0.4) is 0 Å². The van der Waals surface area contributed by atoms with Crippen LogP contribution in [0.2, 0.25) is 0 Å². The normalized spacial score (nSPS) is 31.3. The Morgan fingerprint density at radius 2 is 1.84 bits per heavy atom. The van der Waals surface area contributed by atoms with Crippen molar-refractivity contribution in [1.29, 1.82) is 0 Å². The first-order chi connectivity index (χ1) is 9.33. The molecule has 1 aliphatic heterocycles. The van der Waals surface area contributed by atoms with Crippen molar-refractivity contribution in [2.45, 2.75) is 50.9 Å². The molecule has 0 spiro atoms. The molecule has 0 radical (unpaired) electrons. The van der Waals surface area contributed by atoms with E-state index < -0.39 is 0 Å². The Balaban J connectivity index is 1.56. The second kappa shape index (κ2) is 4.65. The Bertz CT molecular complexity index is 466. The molecule has 1 aromatic heterocycles. The summed E-state index contributed by atoms with van der Waals surface area (Å²) in [6.45, 7) is 2.48. The molecular weight excluding hydrogens is 254 g/mol. The van der Waals surface area contributed by atoms with Crippen LogP contribution in [0, 0.1) is 11.8 Å². The van der Waals surface area contributed by atoms with Crippen LogP contribution < -0.4 is 10.6 Å². The third kappa shape index (κ3) is 2.14. The SMILES string of the molecule is Nc1nsc(N2CCC3CCCCC3C2)c1C1CC1. The quantitative estimate of drug-likeness (QED) is 0.897. The van der Waals surface area contributed by atoms with Gasteiger partial charge in [-0.05, 0) is 55.0 Å². The Morgan fingerprint density at radius 1 is 1.05 bits per heavy atom. The summed E-state index contributed by atoms with van der Waals surface area (Å²) >= 11 is 1.64. The molecule has 19 heavy (non-hydrogen) atoms. The fraction of sp³-hybridized carbons (Fsp3) is 0.800. The maximum Gasteiger partial charge on any atom is 0.142 e. The molecule has 3 nitrogen and oxygen atoms in total. The zero-order valence-electron chi connectivity index (χ0n) is 11.5. The van der Waals surface area contributed by atoms with Crippen LogP contribution in [0.4, 0.5) is 10.8 Å². The molecule has 3 fully saturated rings. The highest BCUT2D eigenvalue weighted by Gasteiger charge is 2.36. The van der Waals surface area contributed by atoms with Crippen molar-refractivity contribution in [1.82, 2.24) is 4.37 Å². The third-order valence-electron chi connectivity index (χ3n) is 5.30. The van der Waals surface area contributed by atoms with Gasteiger partial charge in [-0.1, -0.05) is 19.3 Å². The van der Waals surface area contributed by atoms with Crippen molar-refractivity contribution < 1.29 is 0 Å². The average molecular weight is 277 g/mol. The fourth-order valence-electron chi connectivity index (χ4n) is 4.07. The minimum absolute atomic E-state index is 0.720. The topological polar surface area (TPSA) is 42.1 Å². The van der Waals surface area contributed by atoms with E-state index in [1.165, 1.54) is 68.6 Å². The van der Waals surface area contributed by atoms with Crippen LogP contribution in [0.5, 0.6) is 0 Å². The minimum atomic E-state index is 0.720. The zero-order chi connectivity index (χ0) is 12.8. The Hall–Kier alpha value is -0.770. The summed E-state index contributed by atoms with van der Waals surface area (Å²) < 4.78 is 4.43. The standard InChI is InChI=1S/C15H23N3S/c16-14-13(11-5-6-11)15(19-17-14)18-8-7-10-3-1-2-4-12(10)9-18/h10-12H,1-9H2,(H2,16,17). The number of piperidine rings is 1. The van der Waals surface area contributed by atoms with Crippen molar-refractivity contribution >= 4 is 22.4 Å². The maximum absolute atomic E-state index is 6.09. The molecule has 0 aromatic carbocycles. The highest BCUT2D eigenvalue weighted by atomic mass is 32.1. The summed E-state index contributed by atoms with van der Waals surface area (Å²) in [7, 11) is 0. The molecule has 2 N–H and O–H groups in total. The van der Waals surface area contributed by atoms with Crippen LogP contribution in [0.1, 0.15) is 56.4 Å². The zero-order valence-corrected chi connectivity index (χ0v) is 12.3. The van der Waals surface area contributed by atoms with E-state index in [2.05, 4.69) is 9.27 Å². The van der Waals surface area contributed by atoms with Crippen molar-refractivity contribution in [2.24, 2.45) is 11.8 Å². The van der Waals surface area contributed by atoms with Gasteiger partial charge in [0, 0.05) is 18.7 Å². The van der Waals surface area contributed by atoms with Gasteiger partial charge in [0.25, 0.3) is 0 Å². The van der Waals surface area contributed by atoms with E-state index in [-0.39, 0.29) is 0 Å². The van der Waals surface area contributed by atoms with Crippen LogP contribution in [0.25, 0.3) is 0 Å². The van der Waals surface area contributed by atoms with E-state index in [1.54, 1.807) is 11.5 Å². The van der Waals surface area contributed by atoms with Gasteiger partial charge < -0.3 is 10.6 Å². The lowest BCUT2D eigenvalue weighted by Gasteiger charge is -2.42. The van der Waals surface area contributed by atoms with E-state index in [4.69, 9.17) is 5.73 Å². The van der Waals surface area contributed by atoms with Crippen LogP contribution in [0.15, 0.2) is 0 Å². The predicted molar refractivity (Wildman–Crippen MR) is 80.8 cm³/mol. The number of nitrogen functional groups attached to an aromatic ring is 1. The number of nitrogens with two attached hydrogens (primary N) is 1. The smallest absolute Gasteiger partial charge is 0.142 e. The predicted octanol–water partition coefficient (Wildman–Crippen LogP) is 3.62. The lowest BCUT2D eigenvalue weighted by Crippen LogP contribution is -2.41. The first kappa shape index (κ1) is 12.0. The highest BCUT2D eigenvalue weighted by molar-refractivity contribution is 7.10.